The highest BCUT2D eigenvalue weighted by molar-refractivity contribution is 5.39. The predicted molar refractivity (Wildman–Crippen MR) is 52.5 cm³/mol. The first-order chi connectivity index (χ1) is 6.38. The molecule has 0 amide bonds. The Bertz CT molecular complexity index is 357. The number of phenols is 1. The average molecular weight is 172 g/mol. The van der Waals surface area contributed by atoms with Crippen molar-refractivity contribution < 1.29 is 5.11 Å². The minimum Gasteiger partial charge on any atom is -0.508 e. The van der Waals surface area contributed by atoms with Crippen molar-refractivity contribution >= 4 is 0 Å². The molecular weight excluding hydrogens is 160 g/mol. The van der Waals surface area contributed by atoms with Crippen molar-refractivity contribution in [2.75, 3.05) is 0 Å². The fourth-order valence-electron chi connectivity index (χ4n) is 1.68. The molecule has 0 saturated carbocycles. The summed E-state index contributed by atoms with van der Waals surface area (Å²) in [5, 5.41) is 9.59. The summed E-state index contributed by atoms with van der Waals surface area (Å²) in [6.45, 7) is 0. The van der Waals surface area contributed by atoms with Crippen molar-refractivity contribution in [3.63, 3.8) is 0 Å². The van der Waals surface area contributed by atoms with Gasteiger partial charge in [-0.2, -0.15) is 0 Å². The lowest BCUT2D eigenvalue weighted by Crippen LogP contribution is -1.99. The maximum absolute atomic E-state index is 9.59. The van der Waals surface area contributed by atoms with Gasteiger partial charge in [-0.25, -0.2) is 0 Å². The standard InChI is InChI=1S/C12H12O/c13-12-9-5-4-8-11(12)10-6-2-1-3-7-10/h4-5,8-10,13H,1-2,6H2. The number of para-hydroxylation sites is 1. The van der Waals surface area contributed by atoms with Gasteiger partial charge in [0.1, 0.15) is 5.75 Å². The highest BCUT2D eigenvalue weighted by atomic mass is 16.3. The van der Waals surface area contributed by atoms with Gasteiger partial charge in [-0.1, -0.05) is 24.1 Å². The van der Waals surface area contributed by atoms with E-state index in [-0.39, 0.29) is 5.92 Å². The zero-order chi connectivity index (χ0) is 9.10. The summed E-state index contributed by atoms with van der Waals surface area (Å²) >= 11 is 0. The van der Waals surface area contributed by atoms with Crippen molar-refractivity contribution in [3.8, 4) is 17.6 Å². The highest BCUT2D eigenvalue weighted by Crippen LogP contribution is 2.30. The summed E-state index contributed by atoms with van der Waals surface area (Å²) in [5.74, 6) is 6.89. The normalized spacial score (nSPS) is 20.5. The maximum atomic E-state index is 9.59. The molecule has 1 N–H and O–H groups in total. The molecule has 2 rings (SSSR count). The van der Waals surface area contributed by atoms with Gasteiger partial charge in [0.2, 0.25) is 0 Å². The van der Waals surface area contributed by atoms with Gasteiger partial charge in [-0.05, 0) is 18.9 Å². The van der Waals surface area contributed by atoms with Crippen LogP contribution in [-0.2, 0) is 0 Å². The molecule has 66 valence electrons. The molecule has 13 heavy (non-hydrogen) atoms. The monoisotopic (exact) mass is 172 g/mol. The van der Waals surface area contributed by atoms with Crippen LogP contribution in [0.5, 0.6) is 5.75 Å². The first-order valence-corrected chi connectivity index (χ1v) is 4.64. The summed E-state index contributed by atoms with van der Waals surface area (Å²) in [6, 6.07) is 7.48. The van der Waals surface area contributed by atoms with E-state index in [9.17, 15) is 5.11 Å². The predicted octanol–water partition coefficient (Wildman–Crippen LogP) is 2.66. The third-order valence-electron chi connectivity index (χ3n) is 2.38. The molecule has 0 bridgehead atoms. The highest BCUT2D eigenvalue weighted by Gasteiger charge is 2.13. The summed E-state index contributed by atoms with van der Waals surface area (Å²) < 4.78 is 0. The van der Waals surface area contributed by atoms with E-state index in [1.54, 1.807) is 6.07 Å². The van der Waals surface area contributed by atoms with E-state index in [4.69, 9.17) is 0 Å². The van der Waals surface area contributed by atoms with Gasteiger partial charge in [0.05, 0.1) is 0 Å². The smallest absolute Gasteiger partial charge is 0.120 e. The molecule has 1 aliphatic rings. The number of rotatable bonds is 1. The Hall–Kier alpha value is -1.42. The summed E-state index contributed by atoms with van der Waals surface area (Å²) in [7, 11) is 0. The second kappa shape index (κ2) is 3.53. The van der Waals surface area contributed by atoms with Crippen LogP contribution in [0.25, 0.3) is 0 Å². The molecule has 1 nitrogen and oxygen atoms in total. The molecule has 0 heterocycles. The lowest BCUT2D eigenvalue weighted by molar-refractivity contribution is 0.463. The second-order valence-corrected chi connectivity index (χ2v) is 3.32. The van der Waals surface area contributed by atoms with Crippen molar-refractivity contribution in [2.45, 2.75) is 25.2 Å². The Morgan fingerprint density at radius 1 is 1.31 bits per heavy atom. The minimum absolute atomic E-state index is 0.245. The van der Waals surface area contributed by atoms with Crippen LogP contribution in [0.4, 0.5) is 0 Å². The number of phenolic OH excluding ortho intramolecular Hbond substituents is 1. The average Bonchev–Trinajstić information content (AvgIpc) is 2.20. The molecule has 1 aliphatic carbocycles. The van der Waals surface area contributed by atoms with Crippen molar-refractivity contribution in [1.29, 1.82) is 0 Å². The van der Waals surface area contributed by atoms with E-state index < -0.39 is 0 Å². The fraction of sp³-hybridized carbons (Fsp3) is 0.333. The van der Waals surface area contributed by atoms with Crippen molar-refractivity contribution in [1.82, 2.24) is 0 Å². The van der Waals surface area contributed by atoms with Gasteiger partial charge < -0.3 is 5.11 Å². The van der Waals surface area contributed by atoms with Crippen LogP contribution in [0.15, 0.2) is 24.3 Å². The Kier molecular flexibility index (Phi) is 2.23. The third kappa shape index (κ3) is 1.67. The lowest BCUT2D eigenvalue weighted by Gasteiger charge is -2.14. The zero-order valence-corrected chi connectivity index (χ0v) is 7.46. The topological polar surface area (TPSA) is 20.2 Å². The van der Waals surface area contributed by atoms with Crippen LogP contribution in [0, 0.1) is 11.8 Å². The molecule has 0 aromatic heterocycles. The Morgan fingerprint density at radius 2 is 2.15 bits per heavy atom. The fourth-order valence-corrected chi connectivity index (χ4v) is 1.68. The Labute approximate surface area is 78.4 Å². The molecule has 0 fully saturated rings. The van der Waals surface area contributed by atoms with Crippen LogP contribution in [0.3, 0.4) is 0 Å². The third-order valence-corrected chi connectivity index (χ3v) is 2.38. The van der Waals surface area contributed by atoms with Gasteiger partial charge in [0.25, 0.3) is 0 Å². The second-order valence-electron chi connectivity index (χ2n) is 3.32. The number of hydrogen-bond donors (Lipinski definition) is 1. The number of hydrogen-bond acceptors (Lipinski definition) is 1. The van der Waals surface area contributed by atoms with E-state index in [1.165, 1.54) is 0 Å². The molecule has 1 atom stereocenters. The van der Waals surface area contributed by atoms with Crippen LogP contribution in [0.2, 0.25) is 0 Å². The summed E-state index contributed by atoms with van der Waals surface area (Å²) in [5.41, 5.74) is 0.981. The van der Waals surface area contributed by atoms with E-state index in [2.05, 4.69) is 11.8 Å². The molecule has 0 aliphatic heterocycles. The molecule has 0 saturated heterocycles. The van der Waals surface area contributed by atoms with Gasteiger partial charge in [-0.3, -0.25) is 0 Å². The minimum atomic E-state index is 0.245. The molecule has 1 aromatic rings. The number of aromatic hydroxyl groups is 1. The van der Waals surface area contributed by atoms with E-state index >= 15 is 0 Å². The van der Waals surface area contributed by atoms with Crippen LogP contribution < -0.4 is 0 Å². The van der Waals surface area contributed by atoms with Gasteiger partial charge in [0.15, 0.2) is 0 Å². The van der Waals surface area contributed by atoms with Gasteiger partial charge >= 0.3 is 0 Å². The molecule has 1 heteroatoms. The first kappa shape index (κ1) is 8.19. The molecule has 0 spiro atoms. The lowest BCUT2D eigenvalue weighted by atomic mass is 9.90. The van der Waals surface area contributed by atoms with Crippen LogP contribution >= 0.6 is 0 Å². The van der Waals surface area contributed by atoms with Gasteiger partial charge in [-0.15, -0.1) is 5.92 Å². The Morgan fingerprint density at radius 3 is 2.85 bits per heavy atom. The van der Waals surface area contributed by atoms with E-state index in [0.29, 0.717) is 5.75 Å². The molecule has 0 radical (unpaired) electrons. The van der Waals surface area contributed by atoms with Crippen LogP contribution in [0.1, 0.15) is 30.7 Å². The molecule has 1 aromatic carbocycles. The maximum Gasteiger partial charge on any atom is 0.120 e. The van der Waals surface area contributed by atoms with Crippen molar-refractivity contribution in [3.05, 3.63) is 29.8 Å². The first-order valence-electron chi connectivity index (χ1n) is 4.64. The van der Waals surface area contributed by atoms with Gasteiger partial charge in [0, 0.05) is 17.9 Å². The molecular formula is C12H12O. The zero-order valence-electron chi connectivity index (χ0n) is 7.46. The Balaban J connectivity index is 2.32. The van der Waals surface area contributed by atoms with E-state index in [1.807, 2.05) is 18.2 Å². The largest absolute Gasteiger partial charge is 0.508 e. The SMILES string of the molecule is Oc1ccccc1C1C#CCCC1. The summed E-state index contributed by atoms with van der Waals surface area (Å²) in [4.78, 5) is 0. The van der Waals surface area contributed by atoms with Crippen molar-refractivity contribution in [2.24, 2.45) is 0 Å². The quantitative estimate of drug-likeness (QED) is 0.646. The van der Waals surface area contributed by atoms with E-state index in [0.717, 1.165) is 24.8 Å². The summed E-state index contributed by atoms with van der Waals surface area (Å²) in [6.07, 6.45) is 3.22. The van der Waals surface area contributed by atoms with Crippen LogP contribution in [-0.4, -0.2) is 5.11 Å². The molecule has 1 unspecified atom stereocenters. The number of benzene rings is 1.